The van der Waals surface area contributed by atoms with Gasteiger partial charge >= 0.3 is 12.1 Å². The number of carbonyl (C=O) groups excluding carboxylic acids is 3. The number of carbonyl (C=O) groups is 3. The number of aryl methyl sites for hydroxylation is 3. The van der Waals surface area contributed by atoms with Crippen molar-refractivity contribution in [1.82, 2.24) is 9.78 Å². The minimum absolute atomic E-state index is 0.0851. The first-order valence-electron chi connectivity index (χ1n) is 12.0. The standard InChI is InChI=1S/C27H33N3O6/c1-7-8-9-10-22-21-15-20(11-12-23(21)30(28-22)26(33)35-27(4,5)6)34-25-17(2)13-19(14-18(25)3)29-36-24(32)16-31/h11-16,29H,7-10H2,1-6H3. The van der Waals surface area contributed by atoms with Gasteiger partial charge in [-0.1, -0.05) is 19.8 Å². The normalized spacial score (nSPS) is 11.3. The van der Waals surface area contributed by atoms with E-state index in [1.165, 1.54) is 4.68 Å². The van der Waals surface area contributed by atoms with Crippen LogP contribution in [0.2, 0.25) is 0 Å². The lowest BCUT2D eigenvalue weighted by Gasteiger charge is -2.19. The Kier molecular flexibility index (Phi) is 8.34. The van der Waals surface area contributed by atoms with Gasteiger partial charge < -0.3 is 14.3 Å². The van der Waals surface area contributed by atoms with Crippen LogP contribution in [0.1, 0.15) is 63.8 Å². The summed E-state index contributed by atoms with van der Waals surface area (Å²) in [6, 6.07) is 8.98. The van der Waals surface area contributed by atoms with Crippen LogP contribution in [-0.4, -0.2) is 33.7 Å². The van der Waals surface area contributed by atoms with Crippen molar-refractivity contribution < 1.29 is 28.7 Å². The molecule has 1 N–H and O–H groups in total. The number of aromatic nitrogens is 2. The van der Waals surface area contributed by atoms with Crippen LogP contribution in [0.5, 0.6) is 11.5 Å². The van der Waals surface area contributed by atoms with Crippen LogP contribution in [0.15, 0.2) is 30.3 Å². The first kappa shape index (κ1) is 26.7. The number of anilines is 1. The third-order valence-corrected chi connectivity index (χ3v) is 5.36. The maximum atomic E-state index is 12.8. The van der Waals surface area contributed by atoms with Crippen molar-refractivity contribution in [2.24, 2.45) is 0 Å². The monoisotopic (exact) mass is 495 g/mol. The van der Waals surface area contributed by atoms with Crippen LogP contribution < -0.4 is 10.2 Å². The molecule has 0 amide bonds. The summed E-state index contributed by atoms with van der Waals surface area (Å²) >= 11 is 0. The summed E-state index contributed by atoms with van der Waals surface area (Å²) in [7, 11) is 0. The zero-order chi connectivity index (χ0) is 26.5. The average molecular weight is 496 g/mol. The van der Waals surface area contributed by atoms with Gasteiger partial charge in [0, 0.05) is 5.39 Å². The van der Waals surface area contributed by atoms with E-state index in [9.17, 15) is 14.4 Å². The van der Waals surface area contributed by atoms with E-state index in [2.05, 4.69) is 22.3 Å². The molecular weight excluding hydrogens is 462 g/mol. The molecule has 0 atom stereocenters. The van der Waals surface area contributed by atoms with E-state index in [4.69, 9.17) is 9.47 Å². The van der Waals surface area contributed by atoms with Gasteiger partial charge in [-0.15, -0.1) is 0 Å². The first-order valence-corrected chi connectivity index (χ1v) is 12.0. The summed E-state index contributed by atoms with van der Waals surface area (Å²) in [5.41, 5.74) is 5.42. The Labute approximate surface area is 210 Å². The van der Waals surface area contributed by atoms with Crippen molar-refractivity contribution in [2.45, 2.75) is 72.8 Å². The topological polar surface area (TPSA) is 109 Å². The van der Waals surface area contributed by atoms with E-state index in [1.807, 2.05) is 46.8 Å². The van der Waals surface area contributed by atoms with Crippen molar-refractivity contribution >= 4 is 34.9 Å². The summed E-state index contributed by atoms with van der Waals surface area (Å²) in [5.74, 6) is 0.233. The van der Waals surface area contributed by atoms with E-state index >= 15 is 0 Å². The zero-order valence-electron chi connectivity index (χ0n) is 21.6. The molecule has 9 heteroatoms. The number of fused-ring (bicyclic) bond motifs is 1. The lowest BCUT2D eigenvalue weighted by atomic mass is 10.1. The van der Waals surface area contributed by atoms with Crippen molar-refractivity contribution in [1.29, 1.82) is 0 Å². The summed E-state index contributed by atoms with van der Waals surface area (Å²) < 4.78 is 13.1. The van der Waals surface area contributed by atoms with Crippen LogP contribution in [0.4, 0.5) is 10.5 Å². The Morgan fingerprint density at radius 2 is 1.78 bits per heavy atom. The molecule has 1 heterocycles. The van der Waals surface area contributed by atoms with Crippen molar-refractivity contribution in [2.75, 3.05) is 5.48 Å². The van der Waals surface area contributed by atoms with Crippen LogP contribution >= 0.6 is 0 Å². The van der Waals surface area contributed by atoms with Gasteiger partial charge in [-0.3, -0.25) is 4.79 Å². The number of unbranched alkanes of at least 4 members (excludes halogenated alkanes) is 2. The molecule has 1 aromatic heterocycles. The fraction of sp³-hybridized carbons (Fsp3) is 0.407. The van der Waals surface area contributed by atoms with Gasteiger partial charge in [0.1, 0.15) is 17.1 Å². The second-order valence-corrected chi connectivity index (χ2v) is 9.66. The highest BCUT2D eigenvalue weighted by molar-refractivity contribution is 6.20. The molecule has 0 aliphatic rings. The Morgan fingerprint density at radius 3 is 2.39 bits per heavy atom. The molecule has 2 aromatic carbocycles. The van der Waals surface area contributed by atoms with Gasteiger partial charge in [-0.25, -0.2) is 15.1 Å². The molecule has 0 aliphatic heterocycles. The Bertz CT molecular complexity index is 1250. The molecule has 0 unspecified atom stereocenters. The smallest absolute Gasteiger partial charge is 0.435 e. The first-order chi connectivity index (χ1) is 17.0. The molecule has 0 saturated heterocycles. The van der Waals surface area contributed by atoms with Gasteiger partial charge in [0.25, 0.3) is 0 Å². The fourth-order valence-corrected chi connectivity index (χ4v) is 3.82. The third-order valence-electron chi connectivity index (χ3n) is 5.36. The number of hydrogen-bond acceptors (Lipinski definition) is 8. The molecule has 0 saturated carbocycles. The summed E-state index contributed by atoms with van der Waals surface area (Å²) in [4.78, 5) is 39.0. The number of benzene rings is 2. The molecular formula is C27H33N3O6. The molecule has 9 nitrogen and oxygen atoms in total. The summed E-state index contributed by atoms with van der Waals surface area (Å²) in [6.07, 6.45) is 3.41. The summed E-state index contributed by atoms with van der Waals surface area (Å²) in [6.45, 7) is 11.3. The highest BCUT2D eigenvalue weighted by atomic mass is 16.7. The molecule has 0 spiro atoms. The predicted octanol–water partition coefficient (Wildman–Crippen LogP) is 6.03. The number of hydrogen-bond donors (Lipinski definition) is 1. The summed E-state index contributed by atoms with van der Waals surface area (Å²) in [5, 5.41) is 5.43. The van der Waals surface area contributed by atoms with Gasteiger partial charge in [-0.05, 0) is 88.9 Å². The number of nitrogens with one attached hydrogen (secondary N) is 1. The third kappa shape index (κ3) is 6.62. The molecule has 3 aromatic rings. The molecule has 0 radical (unpaired) electrons. The predicted molar refractivity (Wildman–Crippen MR) is 136 cm³/mol. The number of nitrogens with zero attached hydrogens (tertiary/aromatic N) is 2. The van der Waals surface area contributed by atoms with E-state index in [0.717, 1.165) is 47.9 Å². The van der Waals surface area contributed by atoms with E-state index in [1.54, 1.807) is 18.2 Å². The Balaban J connectivity index is 1.93. The lowest BCUT2D eigenvalue weighted by molar-refractivity contribution is -0.146. The SMILES string of the molecule is CCCCCc1nn(C(=O)OC(C)(C)C)c2ccc(Oc3c(C)cc(NOC(=O)C=O)cc3C)cc12. The van der Waals surface area contributed by atoms with Crippen LogP contribution in [0.25, 0.3) is 10.9 Å². The van der Waals surface area contributed by atoms with E-state index in [-0.39, 0.29) is 6.29 Å². The zero-order valence-corrected chi connectivity index (χ0v) is 21.6. The van der Waals surface area contributed by atoms with Gasteiger partial charge in [0.05, 0.1) is 16.9 Å². The Hall–Kier alpha value is -3.88. The second kappa shape index (κ2) is 11.2. The van der Waals surface area contributed by atoms with Crippen molar-refractivity contribution in [3.8, 4) is 11.5 Å². The second-order valence-electron chi connectivity index (χ2n) is 9.66. The quantitative estimate of drug-likeness (QED) is 0.166. The van der Waals surface area contributed by atoms with E-state index in [0.29, 0.717) is 22.7 Å². The van der Waals surface area contributed by atoms with Crippen LogP contribution in [0.3, 0.4) is 0 Å². The van der Waals surface area contributed by atoms with Crippen LogP contribution in [-0.2, 0) is 25.6 Å². The number of ether oxygens (including phenoxy) is 2. The minimum atomic E-state index is -1.01. The maximum Gasteiger partial charge on any atom is 0.435 e. The number of rotatable bonds is 9. The number of aldehydes is 1. The highest BCUT2D eigenvalue weighted by Gasteiger charge is 2.22. The highest BCUT2D eigenvalue weighted by Crippen LogP contribution is 2.34. The molecule has 0 bridgehead atoms. The average Bonchev–Trinajstić information content (AvgIpc) is 3.17. The van der Waals surface area contributed by atoms with Gasteiger partial charge in [0.2, 0.25) is 6.29 Å². The van der Waals surface area contributed by atoms with Gasteiger partial charge in [-0.2, -0.15) is 9.78 Å². The molecule has 0 aliphatic carbocycles. The van der Waals surface area contributed by atoms with Crippen molar-refractivity contribution in [3.05, 3.63) is 47.2 Å². The van der Waals surface area contributed by atoms with Crippen molar-refractivity contribution in [3.63, 3.8) is 0 Å². The molecule has 0 fully saturated rings. The lowest BCUT2D eigenvalue weighted by Crippen LogP contribution is -2.27. The fourth-order valence-electron chi connectivity index (χ4n) is 3.82. The molecule has 192 valence electrons. The molecule has 3 rings (SSSR count). The maximum absolute atomic E-state index is 12.8. The Morgan fingerprint density at radius 1 is 1.08 bits per heavy atom. The minimum Gasteiger partial charge on any atom is -0.457 e. The largest absolute Gasteiger partial charge is 0.457 e. The van der Waals surface area contributed by atoms with E-state index < -0.39 is 17.7 Å². The van der Waals surface area contributed by atoms with Crippen LogP contribution in [0, 0.1) is 13.8 Å². The van der Waals surface area contributed by atoms with Gasteiger partial charge in [0.15, 0.2) is 0 Å². The molecule has 36 heavy (non-hydrogen) atoms.